The van der Waals surface area contributed by atoms with Crippen LogP contribution in [0.15, 0.2) is 39.5 Å². The van der Waals surface area contributed by atoms with Gasteiger partial charge in [-0.1, -0.05) is 34.8 Å². The predicted molar refractivity (Wildman–Crippen MR) is 90.6 cm³/mol. The van der Waals surface area contributed by atoms with Gasteiger partial charge in [0, 0.05) is 6.20 Å². The van der Waals surface area contributed by atoms with Crippen LogP contribution in [-0.4, -0.2) is 18.3 Å². The average Bonchev–Trinajstić information content (AvgIpc) is 2.99. The Bertz CT molecular complexity index is 838. The van der Waals surface area contributed by atoms with Gasteiger partial charge in [0.1, 0.15) is 17.4 Å². The summed E-state index contributed by atoms with van der Waals surface area (Å²) in [5, 5.41) is 10.5. The number of furan rings is 1. The van der Waals surface area contributed by atoms with Crippen molar-refractivity contribution in [2.24, 2.45) is 0 Å². The number of alkyl halides is 3. The molecule has 0 spiro atoms. The number of aryl methyl sites for hydroxylation is 1. The van der Waals surface area contributed by atoms with E-state index >= 15 is 0 Å². The second kappa shape index (κ2) is 5.73. The quantitative estimate of drug-likeness (QED) is 0.585. The van der Waals surface area contributed by atoms with E-state index in [2.05, 4.69) is 20.9 Å². The molecule has 0 saturated carbocycles. The fourth-order valence-electron chi connectivity index (χ4n) is 2.20. The number of aromatic nitrogens is 2. The van der Waals surface area contributed by atoms with Gasteiger partial charge in [-0.15, -0.1) is 0 Å². The molecule has 22 heavy (non-hydrogen) atoms. The van der Waals surface area contributed by atoms with Crippen molar-refractivity contribution in [2.75, 3.05) is 0 Å². The first-order chi connectivity index (χ1) is 10.3. The highest BCUT2D eigenvalue weighted by molar-refractivity contribution is 9.10. The minimum absolute atomic E-state index is 0.358. The summed E-state index contributed by atoms with van der Waals surface area (Å²) < 4.78 is 5.88. The number of rotatable bonds is 2. The van der Waals surface area contributed by atoms with Crippen molar-refractivity contribution < 1.29 is 9.52 Å². The summed E-state index contributed by atoms with van der Waals surface area (Å²) in [7, 11) is 0. The van der Waals surface area contributed by atoms with Crippen LogP contribution in [0.1, 0.15) is 17.4 Å². The van der Waals surface area contributed by atoms with Crippen LogP contribution >= 0.6 is 50.7 Å². The number of hydrogen-bond donors (Lipinski definition) is 1. The van der Waals surface area contributed by atoms with E-state index in [4.69, 9.17) is 39.2 Å². The van der Waals surface area contributed by atoms with Crippen molar-refractivity contribution in [3.63, 3.8) is 0 Å². The molecule has 116 valence electrons. The third-order valence-electron chi connectivity index (χ3n) is 3.19. The number of nitrogens with zero attached hydrogens (tertiary/aromatic N) is 2. The smallest absolute Gasteiger partial charge is 0.221 e. The Morgan fingerprint density at radius 2 is 2.05 bits per heavy atom. The van der Waals surface area contributed by atoms with Crippen LogP contribution in [0.25, 0.3) is 17.1 Å². The zero-order valence-corrected chi connectivity index (χ0v) is 15.1. The van der Waals surface area contributed by atoms with E-state index in [0.717, 1.165) is 5.56 Å². The van der Waals surface area contributed by atoms with Crippen LogP contribution in [0, 0.1) is 6.92 Å². The first-order valence-corrected chi connectivity index (χ1v) is 8.19. The molecule has 1 unspecified atom stereocenters. The molecule has 4 nitrogen and oxygen atoms in total. The van der Waals surface area contributed by atoms with E-state index in [-0.39, 0.29) is 0 Å². The summed E-state index contributed by atoms with van der Waals surface area (Å²) in [5.74, 6) is 0.469. The molecule has 0 fully saturated rings. The van der Waals surface area contributed by atoms with E-state index in [1.165, 1.54) is 0 Å². The highest BCUT2D eigenvalue weighted by atomic mass is 79.9. The Labute approximate surface area is 149 Å². The molecule has 0 aliphatic carbocycles. The first-order valence-electron chi connectivity index (χ1n) is 6.26. The lowest BCUT2D eigenvalue weighted by Crippen LogP contribution is -2.19. The van der Waals surface area contributed by atoms with Gasteiger partial charge in [0.05, 0.1) is 5.69 Å². The molecule has 3 aromatic rings. The predicted octanol–water partition coefficient (Wildman–Crippen LogP) is 5.07. The maximum absolute atomic E-state index is 10.5. The van der Waals surface area contributed by atoms with E-state index < -0.39 is 9.90 Å². The largest absolute Gasteiger partial charge is 0.448 e. The maximum Gasteiger partial charge on any atom is 0.221 e. The highest BCUT2D eigenvalue weighted by Gasteiger charge is 2.37. The molecule has 3 rings (SSSR count). The topological polar surface area (TPSA) is 50.7 Å². The SMILES string of the molecule is Cc1ccn2c(C(O)C(Cl)(Cl)Cl)c(-c3ccc(Br)o3)nc2c1. The summed E-state index contributed by atoms with van der Waals surface area (Å²) in [6, 6.07) is 7.21. The van der Waals surface area contributed by atoms with Crippen LogP contribution < -0.4 is 0 Å². The molecule has 8 heteroatoms. The summed E-state index contributed by atoms with van der Waals surface area (Å²) in [6.45, 7) is 1.95. The zero-order chi connectivity index (χ0) is 16.1. The summed E-state index contributed by atoms with van der Waals surface area (Å²) >= 11 is 20.9. The van der Waals surface area contributed by atoms with Crippen LogP contribution in [-0.2, 0) is 0 Å². The van der Waals surface area contributed by atoms with Gasteiger partial charge in [-0.3, -0.25) is 0 Å². The van der Waals surface area contributed by atoms with Gasteiger partial charge in [0.2, 0.25) is 3.79 Å². The number of fused-ring (bicyclic) bond motifs is 1. The second-order valence-electron chi connectivity index (χ2n) is 4.83. The van der Waals surface area contributed by atoms with Crippen molar-refractivity contribution in [1.82, 2.24) is 9.38 Å². The molecule has 0 bridgehead atoms. The highest BCUT2D eigenvalue weighted by Crippen LogP contribution is 2.43. The fourth-order valence-corrected chi connectivity index (χ4v) is 2.82. The Kier molecular flexibility index (Phi) is 4.20. The first kappa shape index (κ1) is 16.1. The standard InChI is InChI=1S/C14H10BrCl3N2O2/c1-7-4-5-20-10(6-7)19-11(8-2-3-9(15)22-8)12(20)13(21)14(16,17)18/h2-6,13,21H,1H3. The van der Waals surface area contributed by atoms with E-state index in [1.54, 1.807) is 22.7 Å². The van der Waals surface area contributed by atoms with Crippen LogP contribution in [0.5, 0.6) is 0 Å². The monoisotopic (exact) mass is 422 g/mol. The van der Waals surface area contributed by atoms with Crippen molar-refractivity contribution >= 4 is 56.4 Å². The molecule has 1 N–H and O–H groups in total. The number of halogens is 4. The third-order valence-corrected chi connectivity index (χ3v) is 4.24. The van der Waals surface area contributed by atoms with Gasteiger partial charge >= 0.3 is 0 Å². The van der Waals surface area contributed by atoms with Gasteiger partial charge in [-0.2, -0.15) is 0 Å². The van der Waals surface area contributed by atoms with Gasteiger partial charge in [0.25, 0.3) is 0 Å². The molecule has 0 saturated heterocycles. The molecule has 0 aliphatic heterocycles. The number of pyridine rings is 1. The molecule has 0 amide bonds. The molecular formula is C14H10BrCl3N2O2. The molecule has 0 aromatic carbocycles. The van der Waals surface area contributed by atoms with Gasteiger partial charge in [-0.05, 0) is 52.7 Å². The van der Waals surface area contributed by atoms with Crippen molar-refractivity contribution in [2.45, 2.75) is 16.8 Å². The molecular weight excluding hydrogens is 414 g/mol. The maximum atomic E-state index is 10.5. The van der Waals surface area contributed by atoms with E-state index in [1.807, 2.05) is 19.1 Å². The van der Waals surface area contributed by atoms with Crippen molar-refractivity contribution in [3.8, 4) is 11.5 Å². The lowest BCUT2D eigenvalue weighted by atomic mass is 10.2. The third kappa shape index (κ3) is 2.88. The average molecular weight is 425 g/mol. The molecule has 3 heterocycles. The Balaban J connectivity index is 2.30. The van der Waals surface area contributed by atoms with Gasteiger partial charge < -0.3 is 13.9 Å². The van der Waals surface area contributed by atoms with Crippen molar-refractivity contribution in [3.05, 3.63) is 46.4 Å². The lowest BCUT2D eigenvalue weighted by Gasteiger charge is -2.19. The molecule has 1 atom stereocenters. The summed E-state index contributed by atoms with van der Waals surface area (Å²) in [5.41, 5.74) is 2.44. The van der Waals surface area contributed by atoms with Crippen LogP contribution in [0.3, 0.4) is 0 Å². The van der Waals surface area contributed by atoms with E-state index in [9.17, 15) is 5.11 Å². The Morgan fingerprint density at radius 1 is 1.32 bits per heavy atom. The lowest BCUT2D eigenvalue weighted by molar-refractivity contribution is 0.177. The van der Waals surface area contributed by atoms with Crippen LogP contribution in [0.2, 0.25) is 0 Å². The fraction of sp³-hybridized carbons (Fsp3) is 0.214. The summed E-state index contributed by atoms with van der Waals surface area (Å²) in [6.07, 6.45) is 0.405. The summed E-state index contributed by atoms with van der Waals surface area (Å²) in [4.78, 5) is 4.50. The minimum atomic E-state index is -1.89. The number of aliphatic hydroxyl groups is 1. The van der Waals surface area contributed by atoms with Gasteiger partial charge in [0.15, 0.2) is 10.4 Å². The zero-order valence-electron chi connectivity index (χ0n) is 11.2. The van der Waals surface area contributed by atoms with Crippen molar-refractivity contribution in [1.29, 1.82) is 0 Å². The number of imidazole rings is 1. The number of hydrogen-bond acceptors (Lipinski definition) is 3. The minimum Gasteiger partial charge on any atom is -0.448 e. The van der Waals surface area contributed by atoms with Crippen LogP contribution in [0.4, 0.5) is 0 Å². The van der Waals surface area contributed by atoms with Gasteiger partial charge in [-0.25, -0.2) is 4.98 Å². The molecule has 3 aromatic heterocycles. The van der Waals surface area contributed by atoms with E-state index in [0.29, 0.717) is 27.5 Å². The Hall–Kier alpha value is -0.720. The molecule has 0 radical (unpaired) electrons. The normalized spacial score (nSPS) is 13.7. The number of aliphatic hydroxyl groups excluding tert-OH is 1. The Morgan fingerprint density at radius 3 is 2.64 bits per heavy atom. The molecule has 0 aliphatic rings. The second-order valence-corrected chi connectivity index (χ2v) is 7.98.